The lowest BCUT2D eigenvalue weighted by molar-refractivity contribution is 0.692. The van der Waals surface area contributed by atoms with Gasteiger partial charge in [0.2, 0.25) is 5.28 Å². The highest BCUT2D eigenvalue weighted by molar-refractivity contribution is 9.10. The van der Waals surface area contributed by atoms with Gasteiger partial charge in [0.05, 0.1) is 13.1 Å². The first-order valence-electron chi connectivity index (χ1n) is 11.8. The summed E-state index contributed by atoms with van der Waals surface area (Å²) in [7, 11) is 3.02. The summed E-state index contributed by atoms with van der Waals surface area (Å²) in [6.07, 6.45) is 3.35. The Kier molecular flexibility index (Phi) is 7.88. The van der Waals surface area contributed by atoms with Gasteiger partial charge in [0, 0.05) is 35.4 Å². The van der Waals surface area contributed by atoms with E-state index in [9.17, 15) is 14.4 Å². The number of hydrogen-bond acceptors (Lipinski definition) is 6. The highest BCUT2D eigenvalue weighted by Crippen LogP contribution is 2.14. The Morgan fingerprint density at radius 1 is 0.750 bits per heavy atom. The van der Waals surface area contributed by atoms with Crippen LogP contribution in [0.15, 0.2) is 84.3 Å². The fraction of sp³-hybridized carbons (Fsp3) is 0.154. The highest BCUT2D eigenvalue weighted by Gasteiger charge is 2.11. The van der Waals surface area contributed by atoms with Crippen molar-refractivity contribution in [2.45, 2.75) is 13.1 Å². The Labute approximate surface area is 247 Å². The third kappa shape index (κ3) is 5.86. The number of halogens is 3. The summed E-state index contributed by atoms with van der Waals surface area (Å²) in [5.41, 5.74) is 1.83. The molecule has 0 aliphatic rings. The second kappa shape index (κ2) is 11.4. The van der Waals surface area contributed by atoms with Crippen LogP contribution in [-0.4, -0.2) is 38.7 Å². The van der Waals surface area contributed by atoms with E-state index in [0.717, 1.165) is 24.6 Å². The predicted molar refractivity (Wildman–Crippen MR) is 160 cm³/mol. The minimum atomic E-state index is -0.462. The van der Waals surface area contributed by atoms with E-state index in [2.05, 4.69) is 52.0 Å². The first-order chi connectivity index (χ1) is 19.1. The van der Waals surface area contributed by atoms with Gasteiger partial charge in [0.15, 0.2) is 11.3 Å². The van der Waals surface area contributed by atoms with Crippen molar-refractivity contribution in [1.29, 1.82) is 0 Å². The number of nitrogens with one attached hydrogen (secondary N) is 1. The van der Waals surface area contributed by atoms with Crippen LogP contribution in [0.1, 0.15) is 11.1 Å². The van der Waals surface area contributed by atoms with E-state index in [-0.39, 0.29) is 16.4 Å². The summed E-state index contributed by atoms with van der Waals surface area (Å²) in [5, 5.41) is 9.53. The van der Waals surface area contributed by atoms with Gasteiger partial charge in [-0.15, -0.1) is 0 Å². The molecule has 0 saturated carbocycles. The van der Waals surface area contributed by atoms with Crippen LogP contribution in [0.4, 0.5) is 0 Å². The quantitative estimate of drug-likeness (QED) is 0.281. The van der Waals surface area contributed by atoms with E-state index >= 15 is 0 Å². The molecule has 11 nitrogen and oxygen atoms in total. The zero-order valence-electron chi connectivity index (χ0n) is 21.2. The van der Waals surface area contributed by atoms with Gasteiger partial charge in [-0.1, -0.05) is 56.1 Å². The van der Waals surface area contributed by atoms with E-state index in [1.807, 2.05) is 48.5 Å². The molecule has 0 aliphatic carbocycles. The van der Waals surface area contributed by atoms with Gasteiger partial charge in [0.25, 0.3) is 11.1 Å². The summed E-state index contributed by atoms with van der Waals surface area (Å²) in [6, 6.07) is 15.7. The maximum Gasteiger partial charge on any atom is 0.329 e. The van der Waals surface area contributed by atoms with Crippen LogP contribution < -0.4 is 16.8 Å². The molecule has 4 aromatic heterocycles. The molecule has 4 heterocycles. The molecule has 40 heavy (non-hydrogen) atoms. The van der Waals surface area contributed by atoms with E-state index in [4.69, 9.17) is 11.6 Å². The predicted octanol–water partition coefficient (Wildman–Crippen LogP) is 3.83. The Hall–Kier alpha value is -3.81. The van der Waals surface area contributed by atoms with Crippen molar-refractivity contribution in [3.63, 3.8) is 0 Å². The maximum absolute atomic E-state index is 12.0. The van der Waals surface area contributed by atoms with Crippen LogP contribution in [0.2, 0.25) is 5.28 Å². The van der Waals surface area contributed by atoms with E-state index in [1.54, 1.807) is 28.8 Å². The minimum Gasteiger partial charge on any atom is -0.290 e. The molecule has 204 valence electrons. The number of fused-ring (bicyclic) bond motifs is 2. The van der Waals surface area contributed by atoms with Crippen LogP contribution in [0.5, 0.6) is 0 Å². The van der Waals surface area contributed by atoms with Crippen molar-refractivity contribution in [1.82, 2.24) is 38.7 Å². The standard InChI is InChI=1S/C13H10BrClN4O.C13H11BrN4O2/c1-18-12(20)10-7-19(17-11(10)16-13(18)15)6-8-2-4-9(14)5-3-8;1-17-12(19)10-7-18(16-11(10)15-13(17)20)6-8-2-4-9(14)5-3-8/h2-5,7H,6H2,1H3;2-5,7H,6H2,1H3,(H,15,16,20). The van der Waals surface area contributed by atoms with Gasteiger partial charge in [-0.05, 0) is 47.0 Å². The van der Waals surface area contributed by atoms with Crippen molar-refractivity contribution in [2.24, 2.45) is 14.1 Å². The van der Waals surface area contributed by atoms with Crippen molar-refractivity contribution in [3.8, 4) is 0 Å². The number of rotatable bonds is 4. The molecular weight excluding hydrogens is 668 g/mol. The largest absolute Gasteiger partial charge is 0.329 e. The second-order valence-electron chi connectivity index (χ2n) is 8.95. The van der Waals surface area contributed by atoms with Crippen molar-refractivity contribution in [3.05, 3.63) is 117 Å². The molecule has 0 saturated heterocycles. The average Bonchev–Trinajstić information content (AvgIpc) is 3.52. The molecule has 0 unspecified atom stereocenters. The summed E-state index contributed by atoms with van der Waals surface area (Å²) in [5.74, 6) is 0. The van der Waals surface area contributed by atoms with Gasteiger partial charge in [-0.3, -0.25) is 33.1 Å². The van der Waals surface area contributed by atoms with Crippen LogP contribution >= 0.6 is 43.5 Å². The zero-order valence-corrected chi connectivity index (χ0v) is 25.1. The van der Waals surface area contributed by atoms with Crippen molar-refractivity contribution >= 4 is 65.5 Å². The topological polar surface area (TPSA) is 125 Å². The van der Waals surface area contributed by atoms with E-state index in [0.29, 0.717) is 35.2 Å². The minimum absolute atomic E-state index is 0.136. The molecule has 0 radical (unpaired) electrons. The van der Waals surface area contributed by atoms with E-state index < -0.39 is 5.69 Å². The SMILES string of the molecule is Cn1c(=O)[nH]c2nn(Cc3ccc(Br)cc3)cc2c1=O.Cn1c(Cl)nc2nn(Cc3ccc(Br)cc3)cc2c1=O. The Morgan fingerprint density at radius 2 is 1.25 bits per heavy atom. The first-order valence-corrected chi connectivity index (χ1v) is 13.8. The molecule has 0 aliphatic heterocycles. The number of nitrogens with zero attached hydrogens (tertiary/aromatic N) is 7. The average molecular weight is 689 g/mol. The third-order valence-electron chi connectivity index (χ3n) is 6.09. The number of aromatic nitrogens is 8. The third-order valence-corrected chi connectivity index (χ3v) is 7.49. The monoisotopic (exact) mass is 686 g/mol. The number of hydrogen-bond donors (Lipinski definition) is 1. The lowest BCUT2D eigenvalue weighted by atomic mass is 10.2. The molecular formula is C26H21Br2ClN8O3. The number of benzene rings is 2. The van der Waals surface area contributed by atoms with Gasteiger partial charge < -0.3 is 0 Å². The zero-order chi connectivity index (χ0) is 28.6. The first kappa shape index (κ1) is 27.7. The van der Waals surface area contributed by atoms with Crippen LogP contribution in [0.3, 0.4) is 0 Å². The molecule has 0 spiro atoms. The molecule has 0 atom stereocenters. The summed E-state index contributed by atoms with van der Waals surface area (Å²) >= 11 is 12.6. The summed E-state index contributed by atoms with van der Waals surface area (Å²) in [4.78, 5) is 42.2. The van der Waals surface area contributed by atoms with Crippen molar-refractivity contribution in [2.75, 3.05) is 0 Å². The smallest absolute Gasteiger partial charge is 0.290 e. The van der Waals surface area contributed by atoms with E-state index in [1.165, 1.54) is 11.6 Å². The Morgan fingerprint density at radius 3 is 1.82 bits per heavy atom. The summed E-state index contributed by atoms with van der Waals surface area (Å²) < 4.78 is 7.70. The number of H-pyrrole nitrogens is 1. The van der Waals surface area contributed by atoms with Crippen LogP contribution in [-0.2, 0) is 27.2 Å². The normalized spacial score (nSPS) is 11.1. The molecule has 0 bridgehead atoms. The second-order valence-corrected chi connectivity index (χ2v) is 11.1. The molecule has 2 aromatic carbocycles. The molecule has 6 rings (SSSR count). The lowest BCUT2D eigenvalue weighted by Crippen LogP contribution is -2.31. The maximum atomic E-state index is 12.0. The van der Waals surface area contributed by atoms with Crippen molar-refractivity contribution < 1.29 is 0 Å². The Balaban J connectivity index is 0.000000161. The van der Waals surface area contributed by atoms with Gasteiger partial charge in [-0.25, -0.2) is 4.79 Å². The van der Waals surface area contributed by atoms with Crippen LogP contribution in [0, 0.1) is 0 Å². The van der Waals surface area contributed by atoms with Gasteiger partial charge >= 0.3 is 5.69 Å². The van der Waals surface area contributed by atoms with Gasteiger partial charge in [0.1, 0.15) is 10.8 Å². The molecule has 14 heteroatoms. The molecule has 0 amide bonds. The Bertz CT molecular complexity index is 2020. The number of aromatic amines is 1. The van der Waals surface area contributed by atoms with Gasteiger partial charge in [-0.2, -0.15) is 15.2 Å². The molecule has 6 aromatic rings. The lowest BCUT2D eigenvalue weighted by Gasteiger charge is -2.01. The molecule has 1 N–H and O–H groups in total. The summed E-state index contributed by atoms with van der Waals surface area (Å²) in [6.45, 7) is 1.11. The fourth-order valence-electron chi connectivity index (χ4n) is 3.92. The van der Waals surface area contributed by atoms with Crippen LogP contribution in [0.25, 0.3) is 22.1 Å². The molecule has 0 fully saturated rings. The fourth-order valence-corrected chi connectivity index (χ4v) is 4.60. The highest BCUT2D eigenvalue weighted by atomic mass is 79.9.